The highest BCUT2D eigenvalue weighted by Gasteiger charge is 2.30. The number of aromatic nitrogens is 2. The predicted molar refractivity (Wildman–Crippen MR) is 164 cm³/mol. The number of alkyl halides is 3. The molecule has 2 aromatic heterocycles. The highest BCUT2D eigenvalue weighted by atomic mass is 19.4. The van der Waals surface area contributed by atoms with Gasteiger partial charge in [0.05, 0.1) is 16.8 Å². The zero-order valence-corrected chi connectivity index (χ0v) is 24.2. The molecular weight excluding hydrogens is 583 g/mol. The van der Waals surface area contributed by atoms with Crippen molar-refractivity contribution in [3.8, 4) is 11.1 Å². The molecule has 5 aromatic rings. The van der Waals surface area contributed by atoms with Crippen molar-refractivity contribution in [3.63, 3.8) is 0 Å². The average Bonchev–Trinajstić information content (AvgIpc) is 3.03. The number of amides is 3. The molecule has 0 unspecified atom stereocenters. The molecule has 1 atom stereocenters. The summed E-state index contributed by atoms with van der Waals surface area (Å²) in [5.74, 6) is -1.12. The number of anilines is 1. The minimum atomic E-state index is -4.46. The molecule has 0 spiro atoms. The topological polar surface area (TPSA) is 113 Å². The molecule has 0 radical (unpaired) electrons. The summed E-state index contributed by atoms with van der Waals surface area (Å²) in [7, 11) is 0. The molecule has 8 nitrogen and oxygen atoms in total. The molecule has 0 fully saturated rings. The van der Waals surface area contributed by atoms with E-state index in [1.54, 1.807) is 79.0 Å². The Bertz CT molecular complexity index is 1860. The Morgan fingerprint density at radius 1 is 0.778 bits per heavy atom. The van der Waals surface area contributed by atoms with Gasteiger partial charge in [0.1, 0.15) is 5.82 Å². The molecule has 45 heavy (non-hydrogen) atoms. The number of nitrogens with one attached hydrogen (secondary N) is 3. The van der Waals surface area contributed by atoms with Crippen LogP contribution in [-0.4, -0.2) is 33.7 Å². The Kier molecular flexibility index (Phi) is 8.89. The van der Waals surface area contributed by atoms with E-state index >= 15 is 0 Å². The first kappa shape index (κ1) is 30.9. The summed E-state index contributed by atoms with van der Waals surface area (Å²) in [6, 6.07) is 23.2. The van der Waals surface area contributed by atoms with Crippen LogP contribution in [0.25, 0.3) is 22.0 Å². The zero-order chi connectivity index (χ0) is 32.1. The van der Waals surface area contributed by atoms with Gasteiger partial charge in [0, 0.05) is 28.8 Å². The number of fused-ring (bicyclic) bond motifs is 1. The van der Waals surface area contributed by atoms with Gasteiger partial charge < -0.3 is 16.0 Å². The first-order valence-corrected chi connectivity index (χ1v) is 14.0. The van der Waals surface area contributed by atoms with E-state index in [0.717, 1.165) is 12.1 Å². The number of carbonyl (C=O) groups is 3. The molecule has 3 aromatic carbocycles. The van der Waals surface area contributed by atoms with Gasteiger partial charge in [0.25, 0.3) is 11.8 Å². The number of hydrogen-bond acceptors (Lipinski definition) is 5. The minimum absolute atomic E-state index is 0.139. The van der Waals surface area contributed by atoms with Gasteiger partial charge in [-0.05, 0) is 85.6 Å². The monoisotopic (exact) mass is 611 g/mol. The smallest absolute Gasteiger partial charge is 0.352 e. The lowest BCUT2D eigenvalue weighted by Crippen LogP contribution is -2.43. The molecule has 5 rings (SSSR count). The maximum atomic E-state index is 13.2. The van der Waals surface area contributed by atoms with Gasteiger partial charge in [-0.3, -0.25) is 19.4 Å². The van der Waals surface area contributed by atoms with E-state index in [-0.39, 0.29) is 23.3 Å². The highest BCUT2D eigenvalue weighted by molar-refractivity contribution is 6.08. The van der Waals surface area contributed by atoms with Crippen molar-refractivity contribution >= 4 is 34.4 Å². The van der Waals surface area contributed by atoms with Crippen LogP contribution < -0.4 is 16.0 Å². The molecule has 3 N–H and O–H groups in total. The van der Waals surface area contributed by atoms with Crippen LogP contribution in [0, 0.1) is 0 Å². The van der Waals surface area contributed by atoms with Gasteiger partial charge in [-0.15, -0.1) is 0 Å². The van der Waals surface area contributed by atoms with E-state index in [2.05, 4.69) is 25.9 Å². The van der Waals surface area contributed by atoms with Gasteiger partial charge in [-0.25, -0.2) is 4.98 Å². The van der Waals surface area contributed by atoms with Crippen molar-refractivity contribution in [1.29, 1.82) is 0 Å². The van der Waals surface area contributed by atoms with E-state index in [1.165, 1.54) is 12.1 Å². The Morgan fingerprint density at radius 3 is 2.20 bits per heavy atom. The fourth-order valence-corrected chi connectivity index (χ4v) is 4.69. The second-order valence-electron chi connectivity index (χ2n) is 10.5. The number of carbonyl (C=O) groups excluding carboxylic acids is 3. The average molecular weight is 612 g/mol. The Morgan fingerprint density at radius 2 is 1.51 bits per heavy atom. The number of rotatable bonds is 8. The van der Waals surface area contributed by atoms with Gasteiger partial charge in [0.15, 0.2) is 6.04 Å². The summed E-state index contributed by atoms with van der Waals surface area (Å²) >= 11 is 0. The maximum Gasteiger partial charge on any atom is 0.416 e. The van der Waals surface area contributed by atoms with Gasteiger partial charge in [-0.2, -0.15) is 13.2 Å². The predicted octanol–water partition coefficient (Wildman–Crippen LogP) is 6.56. The van der Waals surface area contributed by atoms with Crippen LogP contribution in [-0.2, 0) is 11.0 Å². The van der Waals surface area contributed by atoms with E-state index in [4.69, 9.17) is 0 Å². The fourth-order valence-electron chi connectivity index (χ4n) is 4.69. The molecule has 0 aliphatic heterocycles. The molecule has 0 aliphatic rings. The summed E-state index contributed by atoms with van der Waals surface area (Å²) < 4.78 is 39.1. The number of nitrogens with zero attached hydrogens (tertiary/aromatic N) is 2. The lowest BCUT2D eigenvalue weighted by atomic mass is 9.98. The van der Waals surface area contributed by atoms with Crippen molar-refractivity contribution in [2.45, 2.75) is 32.1 Å². The molecule has 3 amide bonds. The lowest BCUT2D eigenvalue weighted by molar-refractivity contribution is -0.137. The Balaban J connectivity index is 1.33. The van der Waals surface area contributed by atoms with Crippen molar-refractivity contribution in [1.82, 2.24) is 20.6 Å². The van der Waals surface area contributed by atoms with E-state index in [9.17, 15) is 27.6 Å². The number of pyridine rings is 2. The SMILES string of the molecule is CC(C)NC(=O)[C@@H](NC(=O)c1ccc2nc(NC(=O)c3ccccc3-c3ccc(C(F)(F)F)cc3)ccc2c1)c1ccccn1. The number of hydrogen-bond donors (Lipinski definition) is 3. The Hall–Kier alpha value is -5.58. The van der Waals surface area contributed by atoms with Crippen LogP contribution in [0.3, 0.4) is 0 Å². The largest absolute Gasteiger partial charge is 0.416 e. The molecule has 228 valence electrons. The Labute approximate surface area is 256 Å². The normalized spacial score (nSPS) is 12.0. The van der Waals surface area contributed by atoms with Crippen LogP contribution >= 0.6 is 0 Å². The maximum absolute atomic E-state index is 13.2. The van der Waals surface area contributed by atoms with Crippen LogP contribution in [0.5, 0.6) is 0 Å². The van der Waals surface area contributed by atoms with E-state index < -0.39 is 29.6 Å². The quantitative estimate of drug-likeness (QED) is 0.184. The fraction of sp³-hybridized carbons (Fsp3) is 0.147. The molecule has 0 bridgehead atoms. The minimum Gasteiger partial charge on any atom is -0.352 e. The zero-order valence-electron chi connectivity index (χ0n) is 24.2. The summed E-state index contributed by atoms with van der Waals surface area (Å²) in [6.45, 7) is 3.64. The molecule has 0 saturated carbocycles. The van der Waals surface area contributed by atoms with E-state index in [1.807, 2.05) is 13.8 Å². The van der Waals surface area contributed by atoms with Crippen molar-refractivity contribution in [2.75, 3.05) is 5.32 Å². The third-order valence-corrected chi connectivity index (χ3v) is 6.84. The van der Waals surface area contributed by atoms with Crippen LogP contribution in [0.2, 0.25) is 0 Å². The third kappa shape index (κ3) is 7.32. The second kappa shape index (κ2) is 13.0. The third-order valence-electron chi connectivity index (χ3n) is 6.84. The molecule has 0 saturated heterocycles. The van der Waals surface area contributed by atoms with Crippen molar-refractivity contribution in [2.24, 2.45) is 0 Å². The molecular formula is C34H28F3N5O3. The van der Waals surface area contributed by atoms with Crippen LogP contribution in [0.1, 0.15) is 51.9 Å². The van der Waals surface area contributed by atoms with Gasteiger partial charge in [-0.1, -0.05) is 36.4 Å². The van der Waals surface area contributed by atoms with Crippen LogP contribution in [0.4, 0.5) is 19.0 Å². The van der Waals surface area contributed by atoms with Crippen molar-refractivity contribution in [3.05, 3.63) is 126 Å². The first-order chi connectivity index (χ1) is 21.5. The summed E-state index contributed by atoms with van der Waals surface area (Å²) in [6.07, 6.45) is -2.92. The first-order valence-electron chi connectivity index (χ1n) is 14.0. The summed E-state index contributed by atoms with van der Waals surface area (Å²) in [4.78, 5) is 48.0. The highest BCUT2D eigenvalue weighted by Crippen LogP contribution is 2.32. The molecule has 2 heterocycles. The lowest BCUT2D eigenvalue weighted by Gasteiger charge is -2.19. The summed E-state index contributed by atoms with van der Waals surface area (Å²) in [5.41, 5.74) is 1.59. The standard InChI is InChI=1S/C34H28F3N5O3/c1-20(2)39-33(45)30(28-9-5-6-18-38-28)42-31(43)23-12-16-27-22(19-23)13-17-29(40-27)41-32(44)26-8-4-3-7-25(26)21-10-14-24(15-11-21)34(35,36)37/h3-20,30H,1-2H3,(H,39,45)(H,42,43)(H,40,41,44)/t30-/m0/s1. The molecule has 11 heteroatoms. The van der Waals surface area contributed by atoms with Crippen LogP contribution in [0.15, 0.2) is 103 Å². The molecule has 0 aliphatic carbocycles. The second-order valence-corrected chi connectivity index (χ2v) is 10.5. The van der Waals surface area contributed by atoms with Crippen molar-refractivity contribution < 1.29 is 27.6 Å². The van der Waals surface area contributed by atoms with Gasteiger partial charge >= 0.3 is 6.18 Å². The summed E-state index contributed by atoms with van der Waals surface area (Å²) in [5, 5.41) is 8.92. The number of halogens is 3. The van der Waals surface area contributed by atoms with Gasteiger partial charge in [0.2, 0.25) is 5.91 Å². The number of benzene rings is 3. The van der Waals surface area contributed by atoms with E-state index in [0.29, 0.717) is 33.3 Å².